The topological polar surface area (TPSA) is 72.7 Å². The molecule has 0 spiro atoms. The fourth-order valence-corrected chi connectivity index (χ4v) is 5.89. The van der Waals surface area contributed by atoms with E-state index in [0.717, 1.165) is 5.56 Å². The van der Waals surface area contributed by atoms with Gasteiger partial charge in [-0.3, -0.25) is 14.2 Å². The van der Waals surface area contributed by atoms with Gasteiger partial charge in [0.25, 0.3) is 5.56 Å². The number of hydrogen-bond donors (Lipinski definition) is 1. The van der Waals surface area contributed by atoms with Crippen LogP contribution in [0.5, 0.6) is 5.75 Å². The van der Waals surface area contributed by atoms with Crippen LogP contribution in [0.4, 0.5) is 10.1 Å². The number of rotatable bonds is 3. The maximum Gasteiger partial charge on any atom is 0.270 e. The average Bonchev–Trinajstić information content (AvgIpc) is 3.14. The Kier molecular flexibility index (Phi) is 4.93. The lowest BCUT2D eigenvalue weighted by atomic mass is 9.80. The summed E-state index contributed by atoms with van der Waals surface area (Å²) >= 11 is 1.23. The van der Waals surface area contributed by atoms with Gasteiger partial charge in [-0.2, -0.15) is 0 Å². The van der Waals surface area contributed by atoms with Crippen molar-refractivity contribution in [1.82, 2.24) is 4.57 Å². The van der Waals surface area contributed by atoms with E-state index < -0.39 is 17.7 Å². The van der Waals surface area contributed by atoms with Crippen LogP contribution in [0.25, 0.3) is 6.08 Å². The second kappa shape index (κ2) is 8.02. The monoisotopic (exact) mass is 485 g/mol. The third-order valence-electron chi connectivity index (χ3n) is 6.37. The summed E-state index contributed by atoms with van der Waals surface area (Å²) in [5.41, 5.74) is 0.651. The Bertz CT molecular complexity index is 1630. The molecule has 6 rings (SSSR count). The Balaban J connectivity index is 1.54. The molecule has 3 aromatic carbocycles. The summed E-state index contributed by atoms with van der Waals surface area (Å²) in [7, 11) is 0. The van der Waals surface area contributed by atoms with E-state index in [0.29, 0.717) is 26.3 Å². The molecule has 0 unspecified atom stereocenters. The lowest BCUT2D eigenvalue weighted by Crippen LogP contribution is -2.59. The Labute approximate surface area is 203 Å². The minimum atomic E-state index is -1.21. The first-order valence-corrected chi connectivity index (χ1v) is 12.0. The molecule has 1 amide bonds. The van der Waals surface area contributed by atoms with Crippen LogP contribution in [0.3, 0.4) is 0 Å². The molecule has 0 saturated carbocycles. The van der Waals surface area contributed by atoms with Crippen LogP contribution in [-0.4, -0.2) is 16.2 Å². The van der Waals surface area contributed by atoms with Gasteiger partial charge in [0.1, 0.15) is 17.5 Å². The number of nitrogens with one attached hydrogen (secondary N) is 1. The highest BCUT2D eigenvalue weighted by Crippen LogP contribution is 2.47. The molecule has 0 fully saturated rings. The van der Waals surface area contributed by atoms with Gasteiger partial charge in [0, 0.05) is 11.3 Å². The van der Waals surface area contributed by atoms with Crippen molar-refractivity contribution < 1.29 is 13.9 Å². The first kappa shape index (κ1) is 21.5. The van der Waals surface area contributed by atoms with Gasteiger partial charge in [0.15, 0.2) is 4.80 Å². The van der Waals surface area contributed by atoms with Gasteiger partial charge in [0.05, 0.1) is 10.6 Å². The predicted octanol–water partition coefficient (Wildman–Crippen LogP) is 3.46. The van der Waals surface area contributed by atoms with E-state index >= 15 is 0 Å². The van der Waals surface area contributed by atoms with Crippen LogP contribution in [0.1, 0.15) is 24.1 Å². The van der Waals surface area contributed by atoms with Crippen LogP contribution < -0.4 is 24.9 Å². The van der Waals surface area contributed by atoms with Crippen LogP contribution in [0, 0.1) is 11.7 Å². The van der Waals surface area contributed by atoms with E-state index in [1.54, 1.807) is 29.7 Å². The minimum Gasteiger partial charge on any atom is -0.465 e. The molecule has 0 aliphatic carbocycles. The van der Waals surface area contributed by atoms with E-state index in [1.165, 1.54) is 23.5 Å². The third-order valence-corrected chi connectivity index (χ3v) is 7.35. The number of halogens is 1. The molecule has 2 bridgehead atoms. The molecule has 3 atom stereocenters. The SMILES string of the molecule is C[C@@]12N=c3s/c(=C\c4ccc(F)cc4)c(=O)n3[C@@H](c3ccccc3O1)[C@@H]2C(=O)Nc1ccccc1. The van der Waals surface area contributed by atoms with Gasteiger partial charge in [-0.1, -0.05) is 59.9 Å². The number of thiazole rings is 1. The summed E-state index contributed by atoms with van der Waals surface area (Å²) in [6, 6.07) is 21.9. The molecule has 2 aliphatic rings. The lowest BCUT2D eigenvalue weighted by molar-refractivity contribution is -0.131. The maximum absolute atomic E-state index is 13.7. The number of ether oxygens (including phenoxy) is 1. The summed E-state index contributed by atoms with van der Waals surface area (Å²) in [6.07, 6.45) is 1.71. The number of anilines is 1. The molecule has 3 heterocycles. The molecule has 8 heteroatoms. The number of hydrogen-bond acceptors (Lipinski definition) is 5. The number of carbonyl (C=O) groups is 1. The predicted molar refractivity (Wildman–Crippen MR) is 132 cm³/mol. The smallest absolute Gasteiger partial charge is 0.270 e. The summed E-state index contributed by atoms with van der Waals surface area (Å²) in [6.45, 7) is 1.78. The first-order valence-electron chi connectivity index (χ1n) is 11.2. The zero-order valence-electron chi connectivity index (χ0n) is 18.6. The molecular weight excluding hydrogens is 465 g/mol. The largest absolute Gasteiger partial charge is 0.465 e. The van der Waals surface area contributed by atoms with Crippen molar-refractivity contribution in [2.75, 3.05) is 5.32 Å². The number of para-hydroxylation sites is 2. The van der Waals surface area contributed by atoms with Crippen molar-refractivity contribution in [1.29, 1.82) is 0 Å². The van der Waals surface area contributed by atoms with E-state index in [2.05, 4.69) is 5.32 Å². The molecule has 6 nitrogen and oxygen atoms in total. The Morgan fingerprint density at radius 1 is 1.09 bits per heavy atom. The number of benzene rings is 3. The highest BCUT2D eigenvalue weighted by molar-refractivity contribution is 7.07. The molecule has 35 heavy (non-hydrogen) atoms. The molecular formula is C27H20FN3O3S. The third kappa shape index (κ3) is 3.57. The van der Waals surface area contributed by atoms with Crippen molar-refractivity contribution in [3.05, 3.63) is 115 Å². The van der Waals surface area contributed by atoms with Gasteiger partial charge in [-0.05, 0) is 48.9 Å². The Hall–Kier alpha value is -4.04. The first-order chi connectivity index (χ1) is 16.9. The van der Waals surface area contributed by atoms with Gasteiger partial charge in [-0.25, -0.2) is 9.38 Å². The Morgan fingerprint density at radius 2 is 1.80 bits per heavy atom. The summed E-state index contributed by atoms with van der Waals surface area (Å²) in [5.74, 6) is -0.812. The molecule has 4 aromatic rings. The summed E-state index contributed by atoms with van der Waals surface area (Å²) < 4.78 is 21.7. The van der Waals surface area contributed by atoms with Gasteiger partial charge in [-0.15, -0.1) is 0 Å². The normalized spacial score (nSPS) is 22.4. The van der Waals surface area contributed by atoms with E-state index in [4.69, 9.17) is 9.73 Å². The van der Waals surface area contributed by atoms with Crippen LogP contribution in [0.2, 0.25) is 0 Å². The number of carbonyl (C=O) groups excluding carboxylic acids is 1. The maximum atomic E-state index is 13.7. The minimum absolute atomic E-state index is 0.251. The molecule has 0 saturated heterocycles. The number of amides is 1. The Morgan fingerprint density at radius 3 is 2.57 bits per heavy atom. The molecule has 1 N–H and O–H groups in total. The zero-order valence-corrected chi connectivity index (χ0v) is 19.5. The summed E-state index contributed by atoms with van der Waals surface area (Å²) in [4.78, 5) is 32.6. The quantitative estimate of drug-likeness (QED) is 0.483. The van der Waals surface area contributed by atoms with E-state index in [-0.39, 0.29) is 17.3 Å². The van der Waals surface area contributed by atoms with E-state index in [1.807, 2.05) is 54.6 Å². The average molecular weight is 486 g/mol. The van der Waals surface area contributed by atoms with Gasteiger partial charge >= 0.3 is 0 Å². The highest BCUT2D eigenvalue weighted by atomic mass is 32.1. The fraction of sp³-hybridized carbons (Fsp3) is 0.148. The standard InChI is InChI=1S/C27H20FN3O3S/c1-27-22(24(32)29-18-7-3-2-4-8-18)23(19-9-5-6-10-20(19)34-27)31-25(33)21(35-26(31)30-27)15-16-11-13-17(28)14-12-16/h2-15,22-23H,1H3,(H,29,32)/b21-15-/t22-,23+,27-/m1/s1. The number of aromatic nitrogens is 1. The lowest BCUT2D eigenvalue weighted by Gasteiger charge is -2.45. The second-order valence-corrected chi connectivity index (χ2v) is 9.71. The zero-order chi connectivity index (χ0) is 24.2. The van der Waals surface area contributed by atoms with Crippen molar-refractivity contribution in [2.45, 2.75) is 18.7 Å². The molecule has 0 radical (unpaired) electrons. The van der Waals surface area contributed by atoms with Crippen molar-refractivity contribution >= 4 is 29.0 Å². The van der Waals surface area contributed by atoms with E-state index in [9.17, 15) is 14.0 Å². The highest BCUT2D eigenvalue weighted by Gasteiger charge is 2.55. The van der Waals surface area contributed by atoms with Gasteiger partial charge in [0.2, 0.25) is 11.6 Å². The van der Waals surface area contributed by atoms with Crippen LogP contribution >= 0.6 is 11.3 Å². The van der Waals surface area contributed by atoms with Crippen molar-refractivity contribution in [2.24, 2.45) is 10.9 Å². The fourth-order valence-electron chi connectivity index (χ4n) is 4.80. The van der Waals surface area contributed by atoms with Crippen LogP contribution in [0.15, 0.2) is 88.6 Å². The van der Waals surface area contributed by atoms with Crippen molar-refractivity contribution in [3.63, 3.8) is 0 Å². The molecule has 174 valence electrons. The van der Waals surface area contributed by atoms with Crippen LogP contribution in [-0.2, 0) is 4.79 Å². The molecule has 2 aliphatic heterocycles. The number of nitrogens with zero attached hydrogens (tertiary/aromatic N) is 2. The molecule has 1 aromatic heterocycles. The van der Waals surface area contributed by atoms with Gasteiger partial charge < -0.3 is 10.1 Å². The number of fused-ring (bicyclic) bond motifs is 6. The van der Waals surface area contributed by atoms with Crippen molar-refractivity contribution in [3.8, 4) is 5.75 Å². The second-order valence-electron chi connectivity index (χ2n) is 8.70. The summed E-state index contributed by atoms with van der Waals surface area (Å²) in [5, 5.41) is 2.96.